The van der Waals surface area contributed by atoms with E-state index in [0.717, 1.165) is 38.5 Å². The van der Waals surface area contributed by atoms with Crippen molar-refractivity contribution in [2.45, 2.75) is 293 Å². The smallest absolute Gasteiger partial charge is 0.306 e. The van der Waals surface area contributed by atoms with E-state index in [1.165, 1.54) is 148 Å². The van der Waals surface area contributed by atoms with Gasteiger partial charge in [0.15, 0.2) is 18.7 Å². The van der Waals surface area contributed by atoms with Crippen LogP contribution in [0.2, 0.25) is 0 Å². The van der Waals surface area contributed by atoms with Gasteiger partial charge in [-0.25, -0.2) is 0 Å². The van der Waals surface area contributed by atoms with Gasteiger partial charge in [0.25, 0.3) is 0 Å². The fourth-order valence-electron chi connectivity index (χ4n) is 8.87. The molecule has 2 fully saturated rings. The molecule has 0 amide bonds. The Kier molecular flexibility index (Phi) is 36.9. The van der Waals surface area contributed by atoms with Crippen LogP contribution in [0, 0.1) is 0 Å². The monoisotopic (exact) mass is 963 g/mol. The SMILES string of the molecule is CCCCCCCCCCCCCCCCCCCCC(=O)OC[C@@H](CO[C@@H]1O[C@H](CO[C@@H]2O[C@H](CO)[C@H](O)C(O)C2O)[C@H](O)C(O)C1O)OC(=O)CCCCCCCCCCCCCCC. The summed E-state index contributed by atoms with van der Waals surface area (Å²) in [6, 6.07) is 0. The number of ether oxygens (including phenoxy) is 6. The normalized spacial score (nSPS) is 25.9. The van der Waals surface area contributed by atoms with Crippen LogP contribution >= 0.6 is 0 Å². The van der Waals surface area contributed by atoms with E-state index in [0.29, 0.717) is 12.8 Å². The zero-order valence-electron chi connectivity index (χ0n) is 41.9. The van der Waals surface area contributed by atoms with E-state index in [9.17, 15) is 45.3 Å². The molecule has 11 atom stereocenters. The van der Waals surface area contributed by atoms with Crippen molar-refractivity contribution in [3.63, 3.8) is 0 Å². The third-order valence-electron chi connectivity index (χ3n) is 13.3. The van der Waals surface area contributed by atoms with Crippen LogP contribution in [0.15, 0.2) is 0 Å². The third-order valence-corrected chi connectivity index (χ3v) is 13.3. The maximum Gasteiger partial charge on any atom is 0.306 e. The van der Waals surface area contributed by atoms with E-state index in [4.69, 9.17) is 28.4 Å². The number of aliphatic hydroxyl groups excluding tert-OH is 7. The summed E-state index contributed by atoms with van der Waals surface area (Å²) in [5.41, 5.74) is 0. The van der Waals surface area contributed by atoms with Gasteiger partial charge in [-0.2, -0.15) is 0 Å². The molecule has 0 aliphatic carbocycles. The van der Waals surface area contributed by atoms with E-state index < -0.39 is 92.7 Å². The van der Waals surface area contributed by atoms with Crippen molar-refractivity contribution in [2.24, 2.45) is 0 Å². The second kappa shape index (κ2) is 40.1. The van der Waals surface area contributed by atoms with Crippen LogP contribution in [0.25, 0.3) is 0 Å². The first kappa shape index (κ1) is 61.6. The summed E-state index contributed by atoms with van der Waals surface area (Å²) >= 11 is 0. The average molecular weight is 963 g/mol. The fourth-order valence-corrected chi connectivity index (χ4v) is 8.87. The zero-order valence-corrected chi connectivity index (χ0v) is 41.9. The molecule has 0 saturated carbocycles. The molecular formula is C52H98O15. The van der Waals surface area contributed by atoms with Crippen molar-refractivity contribution in [1.29, 1.82) is 0 Å². The molecule has 2 rings (SSSR count). The summed E-state index contributed by atoms with van der Waals surface area (Å²) in [5.74, 6) is -0.908. The molecule has 2 heterocycles. The summed E-state index contributed by atoms with van der Waals surface area (Å²) in [5, 5.41) is 72.1. The van der Waals surface area contributed by atoms with Crippen LogP contribution in [-0.4, -0.2) is 142 Å². The molecule has 0 spiro atoms. The highest BCUT2D eigenvalue weighted by atomic mass is 16.7. The standard InChI is InChI=1S/C52H98O15/c1-3-5-7-9-11-13-15-17-18-19-20-21-23-24-26-28-30-32-34-43(54)62-37-40(65-44(55)35-33-31-29-27-25-22-16-14-12-10-8-6-4-2)38-63-51-50(61)48(59)46(57)42(67-51)39-64-52-49(60)47(58)45(56)41(36-53)66-52/h40-42,45-53,56-61H,3-39H2,1-2H3/t40-,41+,42+,45-,46-,47?,48?,49?,50?,51+,52+/m0/s1. The second-order valence-corrected chi connectivity index (χ2v) is 19.4. The first-order chi connectivity index (χ1) is 32.5. The molecule has 0 aromatic carbocycles. The summed E-state index contributed by atoms with van der Waals surface area (Å²) in [7, 11) is 0. The summed E-state index contributed by atoms with van der Waals surface area (Å²) in [6.07, 6.45) is 21.3. The lowest BCUT2D eigenvalue weighted by Crippen LogP contribution is -2.61. The highest BCUT2D eigenvalue weighted by Crippen LogP contribution is 2.27. The van der Waals surface area contributed by atoms with E-state index in [2.05, 4.69) is 13.8 Å². The van der Waals surface area contributed by atoms with Gasteiger partial charge in [-0.05, 0) is 12.8 Å². The van der Waals surface area contributed by atoms with Gasteiger partial charge in [0, 0.05) is 12.8 Å². The predicted molar refractivity (Wildman–Crippen MR) is 257 cm³/mol. The Morgan fingerprint density at radius 3 is 1.16 bits per heavy atom. The molecule has 2 aliphatic heterocycles. The van der Waals surface area contributed by atoms with Crippen LogP contribution in [0.4, 0.5) is 0 Å². The van der Waals surface area contributed by atoms with E-state index in [1.807, 2.05) is 0 Å². The van der Waals surface area contributed by atoms with Crippen molar-refractivity contribution in [2.75, 3.05) is 26.4 Å². The van der Waals surface area contributed by atoms with E-state index in [1.54, 1.807) is 0 Å². The van der Waals surface area contributed by atoms with Crippen molar-refractivity contribution in [1.82, 2.24) is 0 Å². The molecule has 4 unspecified atom stereocenters. The van der Waals surface area contributed by atoms with Crippen LogP contribution in [0.3, 0.4) is 0 Å². The van der Waals surface area contributed by atoms with Gasteiger partial charge in [0.05, 0.1) is 19.8 Å². The topological polar surface area (TPSA) is 231 Å². The Labute approximate surface area is 404 Å². The molecule has 0 bridgehead atoms. The molecule has 0 aromatic rings. The van der Waals surface area contributed by atoms with Gasteiger partial charge in [-0.15, -0.1) is 0 Å². The van der Waals surface area contributed by atoms with Crippen LogP contribution < -0.4 is 0 Å². The van der Waals surface area contributed by atoms with Crippen LogP contribution in [-0.2, 0) is 38.0 Å². The first-order valence-electron chi connectivity index (χ1n) is 27.1. The van der Waals surface area contributed by atoms with Gasteiger partial charge in [0.1, 0.15) is 55.4 Å². The Morgan fingerprint density at radius 2 is 0.761 bits per heavy atom. The molecule has 396 valence electrons. The quantitative estimate of drug-likeness (QED) is 0.0227. The molecule has 0 radical (unpaired) electrons. The summed E-state index contributed by atoms with van der Waals surface area (Å²) in [4.78, 5) is 25.8. The van der Waals surface area contributed by atoms with Gasteiger partial charge in [-0.3, -0.25) is 9.59 Å². The number of hydrogen-bond donors (Lipinski definition) is 7. The van der Waals surface area contributed by atoms with Crippen molar-refractivity contribution in [3.05, 3.63) is 0 Å². The van der Waals surface area contributed by atoms with Crippen molar-refractivity contribution in [3.8, 4) is 0 Å². The zero-order chi connectivity index (χ0) is 48.9. The Balaban J connectivity index is 1.77. The molecule has 2 aliphatic rings. The number of unbranched alkanes of at least 4 members (excludes halogenated alkanes) is 29. The predicted octanol–water partition coefficient (Wildman–Crippen LogP) is 8.00. The maximum atomic E-state index is 13.0. The Morgan fingerprint density at radius 1 is 0.418 bits per heavy atom. The van der Waals surface area contributed by atoms with Crippen molar-refractivity contribution >= 4 is 11.9 Å². The number of carbonyl (C=O) groups excluding carboxylic acids is 2. The number of carbonyl (C=O) groups is 2. The van der Waals surface area contributed by atoms with Crippen molar-refractivity contribution < 1.29 is 73.8 Å². The third kappa shape index (κ3) is 28.2. The van der Waals surface area contributed by atoms with Crippen LogP contribution in [0.5, 0.6) is 0 Å². The lowest BCUT2D eigenvalue weighted by atomic mass is 9.98. The molecule has 0 aromatic heterocycles. The number of esters is 2. The molecule has 2 saturated heterocycles. The minimum absolute atomic E-state index is 0.173. The maximum absolute atomic E-state index is 13.0. The Hall–Kier alpha value is -1.50. The largest absolute Gasteiger partial charge is 0.462 e. The molecule has 67 heavy (non-hydrogen) atoms. The molecule has 15 nitrogen and oxygen atoms in total. The minimum Gasteiger partial charge on any atom is -0.462 e. The lowest BCUT2D eigenvalue weighted by Gasteiger charge is -2.42. The molecule has 7 N–H and O–H groups in total. The minimum atomic E-state index is -1.76. The number of aliphatic hydroxyl groups is 7. The fraction of sp³-hybridized carbons (Fsp3) is 0.962. The second-order valence-electron chi connectivity index (χ2n) is 19.4. The van der Waals surface area contributed by atoms with Crippen LogP contribution in [0.1, 0.15) is 226 Å². The number of rotatable bonds is 43. The highest BCUT2D eigenvalue weighted by Gasteiger charge is 2.47. The first-order valence-corrected chi connectivity index (χ1v) is 27.1. The van der Waals surface area contributed by atoms with Gasteiger partial charge in [0.2, 0.25) is 0 Å². The van der Waals surface area contributed by atoms with E-state index in [-0.39, 0.29) is 26.1 Å². The molecule has 15 heteroatoms. The Bertz CT molecular complexity index is 1180. The molecular weight excluding hydrogens is 865 g/mol. The summed E-state index contributed by atoms with van der Waals surface area (Å²) < 4.78 is 33.6. The van der Waals surface area contributed by atoms with Gasteiger partial charge >= 0.3 is 11.9 Å². The number of hydrogen-bond acceptors (Lipinski definition) is 15. The lowest BCUT2D eigenvalue weighted by molar-refractivity contribution is -0.332. The highest BCUT2D eigenvalue weighted by molar-refractivity contribution is 5.70. The van der Waals surface area contributed by atoms with Gasteiger partial charge in [-0.1, -0.05) is 200 Å². The summed E-state index contributed by atoms with van der Waals surface area (Å²) in [6.45, 7) is 2.63. The van der Waals surface area contributed by atoms with Gasteiger partial charge < -0.3 is 64.2 Å². The van der Waals surface area contributed by atoms with E-state index >= 15 is 0 Å². The average Bonchev–Trinajstić information content (AvgIpc) is 3.32.